The maximum Gasteiger partial charge on any atom is 0.191 e. The van der Waals surface area contributed by atoms with Crippen LogP contribution in [0.5, 0.6) is 0 Å². The molecule has 2 aliphatic rings. The third-order valence-corrected chi connectivity index (χ3v) is 3.98. The molecule has 1 aliphatic heterocycles. The van der Waals surface area contributed by atoms with Gasteiger partial charge in [0, 0.05) is 25.7 Å². The Morgan fingerprint density at radius 2 is 2.35 bits per heavy atom. The molecular formula is C15H29N3O2. The number of nitrogens with one attached hydrogen (secondary N) is 2. The molecule has 4 atom stereocenters. The molecule has 1 heterocycles. The molecule has 2 N–H and O–H groups in total. The molecule has 1 saturated carbocycles. The molecule has 0 amide bonds. The first-order valence-electron chi connectivity index (χ1n) is 7.92. The highest BCUT2D eigenvalue weighted by Crippen LogP contribution is 2.34. The maximum absolute atomic E-state index is 5.82. The number of nitrogens with zero attached hydrogens (tertiary/aromatic N) is 1. The van der Waals surface area contributed by atoms with Crippen molar-refractivity contribution in [1.29, 1.82) is 0 Å². The van der Waals surface area contributed by atoms with Crippen molar-refractivity contribution in [2.24, 2.45) is 10.9 Å². The Labute approximate surface area is 122 Å². The summed E-state index contributed by atoms with van der Waals surface area (Å²) in [5.41, 5.74) is 0. The van der Waals surface area contributed by atoms with Crippen LogP contribution in [0, 0.1) is 5.92 Å². The number of hydrogen-bond donors (Lipinski definition) is 2. The minimum absolute atomic E-state index is 0.255. The lowest BCUT2D eigenvalue weighted by Gasteiger charge is -2.19. The molecule has 0 radical (unpaired) electrons. The second-order valence-corrected chi connectivity index (χ2v) is 5.97. The second kappa shape index (κ2) is 7.84. The first-order chi connectivity index (χ1) is 9.72. The van der Waals surface area contributed by atoms with Gasteiger partial charge in [-0.3, -0.25) is 4.99 Å². The van der Waals surface area contributed by atoms with E-state index in [1.54, 1.807) is 0 Å². The fourth-order valence-corrected chi connectivity index (χ4v) is 2.66. The minimum atomic E-state index is 0.255. The Hall–Kier alpha value is -0.810. The Bertz CT molecular complexity index is 316. The zero-order valence-electron chi connectivity index (χ0n) is 13.0. The Kier molecular flexibility index (Phi) is 6.10. The van der Waals surface area contributed by atoms with Gasteiger partial charge in [-0.05, 0) is 32.1 Å². The van der Waals surface area contributed by atoms with Crippen LogP contribution in [0.15, 0.2) is 4.99 Å². The van der Waals surface area contributed by atoms with Crippen LogP contribution >= 0.6 is 0 Å². The molecule has 116 valence electrons. The molecule has 0 aromatic carbocycles. The lowest BCUT2D eigenvalue weighted by Crippen LogP contribution is -2.45. The molecule has 1 saturated heterocycles. The topological polar surface area (TPSA) is 54.9 Å². The van der Waals surface area contributed by atoms with E-state index < -0.39 is 0 Å². The van der Waals surface area contributed by atoms with Crippen LogP contribution in [0.2, 0.25) is 0 Å². The molecule has 0 bridgehead atoms. The largest absolute Gasteiger partial charge is 0.379 e. The molecule has 0 spiro atoms. The van der Waals surface area contributed by atoms with E-state index in [0.29, 0.717) is 12.6 Å². The number of guanidine groups is 1. The molecule has 0 aromatic heterocycles. The van der Waals surface area contributed by atoms with Crippen LogP contribution in [-0.2, 0) is 9.47 Å². The monoisotopic (exact) mass is 283 g/mol. The van der Waals surface area contributed by atoms with Crippen LogP contribution in [0.25, 0.3) is 0 Å². The highest BCUT2D eigenvalue weighted by Gasteiger charge is 2.36. The van der Waals surface area contributed by atoms with Gasteiger partial charge in [-0.25, -0.2) is 0 Å². The third-order valence-electron chi connectivity index (χ3n) is 3.98. The zero-order chi connectivity index (χ0) is 14.4. The minimum Gasteiger partial charge on any atom is -0.379 e. The lowest BCUT2D eigenvalue weighted by molar-refractivity contribution is 0.0347. The maximum atomic E-state index is 5.82. The highest BCUT2D eigenvalue weighted by molar-refractivity contribution is 5.80. The van der Waals surface area contributed by atoms with Crippen molar-refractivity contribution in [3.05, 3.63) is 0 Å². The van der Waals surface area contributed by atoms with Crippen molar-refractivity contribution >= 4 is 5.96 Å². The summed E-state index contributed by atoms with van der Waals surface area (Å²) in [6, 6.07) is 0.864. The molecule has 4 unspecified atom stereocenters. The van der Waals surface area contributed by atoms with Crippen molar-refractivity contribution in [2.45, 2.75) is 57.7 Å². The smallest absolute Gasteiger partial charge is 0.191 e. The predicted octanol–water partition coefficient (Wildman–Crippen LogP) is 1.53. The van der Waals surface area contributed by atoms with Gasteiger partial charge in [0.15, 0.2) is 5.96 Å². The second-order valence-electron chi connectivity index (χ2n) is 5.97. The summed E-state index contributed by atoms with van der Waals surface area (Å²) in [5, 5.41) is 6.89. The molecule has 5 nitrogen and oxygen atoms in total. The summed E-state index contributed by atoms with van der Waals surface area (Å²) in [5.74, 6) is 1.73. The van der Waals surface area contributed by atoms with Gasteiger partial charge < -0.3 is 20.1 Å². The van der Waals surface area contributed by atoms with Gasteiger partial charge in [0.2, 0.25) is 0 Å². The van der Waals surface area contributed by atoms with Gasteiger partial charge >= 0.3 is 0 Å². The Morgan fingerprint density at radius 3 is 3.00 bits per heavy atom. The van der Waals surface area contributed by atoms with Crippen LogP contribution < -0.4 is 10.6 Å². The zero-order valence-corrected chi connectivity index (χ0v) is 13.0. The lowest BCUT2D eigenvalue weighted by atomic mass is 10.2. The van der Waals surface area contributed by atoms with Crippen molar-refractivity contribution in [3.63, 3.8) is 0 Å². The average Bonchev–Trinajstić information content (AvgIpc) is 2.96. The fraction of sp³-hybridized carbons (Fsp3) is 0.933. The quantitative estimate of drug-likeness (QED) is 0.549. The van der Waals surface area contributed by atoms with Crippen LogP contribution in [0.1, 0.15) is 39.5 Å². The fourth-order valence-electron chi connectivity index (χ4n) is 2.66. The van der Waals surface area contributed by atoms with Gasteiger partial charge in [0.25, 0.3) is 0 Å². The number of ether oxygens (including phenoxy) is 2. The third kappa shape index (κ3) is 4.94. The SMILES string of the molecule is CCCC1CC1NC(=NC)NC(C)COC1CCOC1. The summed E-state index contributed by atoms with van der Waals surface area (Å²) in [6.45, 7) is 6.63. The van der Waals surface area contributed by atoms with E-state index in [1.165, 1.54) is 19.3 Å². The Morgan fingerprint density at radius 1 is 1.50 bits per heavy atom. The molecule has 2 fully saturated rings. The number of hydrogen-bond acceptors (Lipinski definition) is 3. The molecule has 1 aliphatic carbocycles. The predicted molar refractivity (Wildman–Crippen MR) is 81.1 cm³/mol. The summed E-state index contributed by atoms with van der Waals surface area (Å²) in [7, 11) is 1.82. The number of aliphatic imine (C=N–C) groups is 1. The van der Waals surface area contributed by atoms with Crippen molar-refractivity contribution in [2.75, 3.05) is 26.9 Å². The summed E-state index contributed by atoms with van der Waals surface area (Å²) >= 11 is 0. The van der Waals surface area contributed by atoms with Gasteiger partial charge in [-0.1, -0.05) is 13.3 Å². The van der Waals surface area contributed by atoms with Crippen LogP contribution in [-0.4, -0.2) is 51.0 Å². The Balaban J connectivity index is 1.62. The van der Waals surface area contributed by atoms with Gasteiger partial charge in [-0.2, -0.15) is 0 Å². The standard InChI is InChI=1S/C15H29N3O2/c1-4-5-12-8-14(12)18-15(16-3)17-11(2)9-20-13-6-7-19-10-13/h11-14H,4-10H2,1-3H3,(H2,16,17,18). The summed E-state index contributed by atoms with van der Waals surface area (Å²) in [4.78, 5) is 4.30. The molecule has 20 heavy (non-hydrogen) atoms. The van der Waals surface area contributed by atoms with Gasteiger partial charge in [0.1, 0.15) is 0 Å². The average molecular weight is 283 g/mol. The van der Waals surface area contributed by atoms with E-state index in [9.17, 15) is 0 Å². The van der Waals surface area contributed by atoms with E-state index in [-0.39, 0.29) is 12.1 Å². The molecule has 5 heteroatoms. The van der Waals surface area contributed by atoms with E-state index in [0.717, 1.165) is 31.5 Å². The summed E-state index contributed by atoms with van der Waals surface area (Å²) < 4.78 is 11.1. The van der Waals surface area contributed by atoms with Crippen molar-refractivity contribution in [1.82, 2.24) is 10.6 Å². The molecule has 2 rings (SSSR count). The van der Waals surface area contributed by atoms with Gasteiger partial charge in [-0.15, -0.1) is 0 Å². The van der Waals surface area contributed by atoms with Crippen molar-refractivity contribution in [3.8, 4) is 0 Å². The molecular weight excluding hydrogens is 254 g/mol. The van der Waals surface area contributed by atoms with E-state index in [4.69, 9.17) is 9.47 Å². The van der Waals surface area contributed by atoms with E-state index in [2.05, 4.69) is 29.5 Å². The normalized spacial score (nSPS) is 31.1. The first-order valence-corrected chi connectivity index (χ1v) is 7.92. The van der Waals surface area contributed by atoms with Gasteiger partial charge in [0.05, 0.1) is 19.3 Å². The number of rotatable bonds is 7. The first kappa shape index (κ1) is 15.6. The summed E-state index contributed by atoms with van der Waals surface area (Å²) in [6.07, 6.45) is 5.14. The molecule has 0 aromatic rings. The van der Waals surface area contributed by atoms with Crippen molar-refractivity contribution < 1.29 is 9.47 Å². The highest BCUT2D eigenvalue weighted by atomic mass is 16.5. The van der Waals surface area contributed by atoms with E-state index in [1.807, 2.05) is 7.05 Å². The van der Waals surface area contributed by atoms with Crippen LogP contribution in [0.3, 0.4) is 0 Å². The van der Waals surface area contributed by atoms with E-state index >= 15 is 0 Å². The van der Waals surface area contributed by atoms with Crippen LogP contribution in [0.4, 0.5) is 0 Å².